The van der Waals surface area contributed by atoms with E-state index in [0.29, 0.717) is 31.2 Å². The van der Waals surface area contributed by atoms with Crippen molar-refractivity contribution in [2.45, 2.75) is 32.6 Å². The van der Waals surface area contributed by atoms with Crippen molar-refractivity contribution in [1.29, 1.82) is 0 Å². The summed E-state index contributed by atoms with van der Waals surface area (Å²) < 4.78 is 5.22. The van der Waals surface area contributed by atoms with E-state index in [2.05, 4.69) is 0 Å². The monoisotopic (exact) mass is 258 g/mol. The highest BCUT2D eigenvalue weighted by Gasteiger charge is 2.24. The second-order valence-corrected chi connectivity index (χ2v) is 4.85. The van der Waals surface area contributed by atoms with Crippen LogP contribution in [-0.4, -0.2) is 42.1 Å². The van der Waals surface area contributed by atoms with Gasteiger partial charge in [0, 0.05) is 38.6 Å². The van der Waals surface area contributed by atoms with Crippen molar-refractivity contribution in [3.63, 3.8) is 0 Å². The maximum atomic E-state index is 11.9. The standard InChI is InChI=1S/C12H22N2O2S/c1-2-16-8-4-6-11(15)14-7-3-5-10(9-14)12(13)17/h10H,2-9H2,1H3,(H2,13,17). The minimum Gasteiger partial charge on any atom is -0.393 e. The molecule has 1 atom stereocenters. The molecule has 1 saturated heterocycles. The molecule has 0 aromatic rings. The summed E-state index contributed by atoms with van der Waals surface area (Å²) in [6.07, 6.45) is 3.36. The smallest absolute Gasteiger partial charge is 0.222 e. The van der Waals surface area contributed by atoms with Crippen LogP contribution in [0.5, 0.6) is 0 Å². The Balaban J connectivity index is 2.28. The van der Waals surface area contributed by atoms with Crippen LogP contribution in [0, 0.1) is 5.92 Å². The van der Waals surface area contributed by atoms with E-state index in [1.54, 1.807) is 0 Å². The zero-order valence-electron chi connectivity index (χ0n) is 10.5. The molecule has 2 N–H and O–H groups in total. The van der Waals surface area contributed by atoms with Gasteiger partial charge in [0.2, 0.25) is 5.91 Å². The maximum absolute atomic E-state index is 11.9. The summed E-state index contributed by atoms with van der Waals surface area (Å²) in [4.78, 5) is 14.3. The number of piperidine rings is 1. The quantitative estimate of drug-likeness (QED) is 0.577. The molecule has 0 spiro atoms. The summed E-state index contributed by atoms with van der Waals surface area (Å²) in [5.41, 5.74) is 5.64. The van der Waals surface area contributed by atoms with Gasteiger partial charge < -0.3 is 15.4 Å². The van der Waals surface area contributed by atoms with E-state index in [9.17, 15) is 4.79 Å². The normalized spacial score (nSPS) is 20.3. The molecule has 0 aliphatic carbocycles. The molecule has 17 heavy (non-hydrogen) atoms. The van der Waals surface area contributed by atoms with E-state index < -0.39 is 0 Å². The minimum atomic E-state index is 0.200. The third kappa shape index (κ3) is 5.00. The Hall–Kier alpha value is -0.680. The lowest BCUT2D eigenvalue weighted by atomic mass is 9.98. The van der Waals surface area contributed by atoms with Crippen LogP contribution in [0.3, 0.4) is 0 Å². The van der Waals surface area contributed by atoms with Gasteiger partial charge in [-0.2, -0.15) is 0 Å². The van der Waals surface area contributed by atoms with E-state index >= 15 is 0 Å². The van der Waals surface area contributed by atoms with Gasteiger partial charge in [0.05, 0.1) is 4.99 Å². The van der Waals surface area contributed by atoms with Gasteiger partial charge in [-0.15, -0.1) is 0 Å². The number of ether oxygens (including phenoxy) is 1. The van der Waals surface area contributed by atoms with Crippen molar-refractivity contribution in [1.82, 2.24) is 4.90 Å². The van der Waals surface area contributed by atoms with Crippen LogP contribution in [0.1, 0.15) is 32.6 Å². The number of carbonyl (C=O) groups excluding carboxylic acids is 1. The lowest BCUT2D eigenvalue weighted by Crippen LogP contribution is -2.43. The number of amides is 1. The number of hydrogen-bond acceptors (Lipinski definition) is 3. The highest BCUT2D eigenvalue weighted by Crippen LogP contribution is 2.17. The number of likely N-dealkylation sites (tertiary alicyclic amines) is 1. The first kappa shape index (κ1) is 14.4. The predicted molar refractivity (Wildman–Crippen MR) is 71.8 cm³/mol. The van der Waals surface area contributed by atoms with Crippen LogP contribution < -0.4 is 5.73 Å². The largest absolute Gasteiger partial charge is 0.393 e. The lowest BCUT2D eigenvalue weighted by molar-refractivity contribution is -0.132. The molecule has 0 aromatic carbocycles. The molecule has 0 aromatic heterocycles. The molecular formula is C12H22N2O2S. The molecule has 0 bridgehead atoms. The van der Waals surface area contributed by atoms with Gasteiger partial charge in [0.25, 0.3) is 0 Å². The zero-order valence-corrected chi connectivity index (χ0v) is 11.3. The summed E-state index contributed by atoms with van der Waals surface area (Å²) in [6.45, 7) is 4.87. The number of thiocarbonyl (C=S) groups is 1. The molecule has 1 amide bonds. The highest BCUT2D eigenvalue weighted by atomic mass is 32.1. The Morgan fingerprint density at radius 3 is 3.00 bits per heavy atom. The van der Waals surface area contributed by atoms with Crippen molar-refractivity contribution in [3.05, 3.63) is 0 Å². The molecule has 5 heteroatoms. The fourth-order valence-electron chi connectivity index (χ4n) is 2.06. The van der Waals surface area contributed by atoms with Crippen LogP contribution in [0.4, 0.5) is 0 Å². The summed E-state index contributed by atoms with van der Waals surface area (Å²) in [7, 11) is 0. The third-order valence-corrected chi connectivity index (χ3v) is 3.39. The number of hydrogen-bond donors (Lipinski definition) is 1. The van der Waals surface area contributed by atoms with Gasteiger partial charge in [0.1, 0.15) is 0 Å². The third-order valence-electron chi connectivity index (χ3n) is 3.06. The van der Waals surface area contributed by atoms with Gasteiger partial charge in [-0.25, -0.2) is 0 Å². The SMILES string of the molecule is CCOCCCC(=O)N1CCCC(C(N)=S)C1. The molecule has 1 fully saturated rings. The fraction of sp³-hybridized carbons (Fsp3) is 0.833. The topological polar surface area (TPSA) is 55.6 Å². The van der Waals surface area contributed by atoms with Crippen LogP contribution in [0.25, 0.3) is 0 Å². The van der Waals surface area contributed by atoms with E-state index in [1.165, 1.54) is 0 Å². The van der Waals surface area contributed by atoms with Crippen molar-refractivity contribution >= 4 is 23.1 Å². The van der Waals surface area contributed by atoms with Gasteiger partial charge in [-0.05, 0) is 26.2 Å². The molecule has 1 heterocycles. The van der Waals surface area contributed by atoms with Crippen LogP contribution in [-0.2, 0) is 9.53 Å². The van der Waals surface area contributed by atoms with Crippen LogP contribution in [0.2, 0.25) is 0 Å². The van der Waals surface area contributed by atoms with Crippen molar-refractivity contribution in [3.8, 4) is 0 Å². The second kappa shape index (κ2) is 7.61. The van der Waals surface area contributed by atoms with E-state index in [0.717, 1.165) is 25.8 Å². The molecule has 1 rings (SSSR count). The van der Waals surface area contributed by atoms with Gasteiger partial charge >= 0.3 is 0 Å². The molecule has 1 aliphatic heterocycles. The van der Waals surface area contributed by atoms with Crippen molar-refractivity contribution < 1.29 is 9.53 Å². The molecular weight excluding hydrogens is 236 g/mol. The number of nitrogens with zero attached hydrogens (tertiary/aromatic N) is 1. The molecule has 1 aliphatic rings. The summed E-state index contributed by atoms with van der Waals surface area (Å²) in [5, 5.41) is 0. The summed E-state index contributed by atoms with van der Waals surface area (Å²) in [6, 6.07) is 0. The van der Waals surface area contributed by atoms with E-state index in [1.807, 2.05) is 11.8 Å². The summed E-state index contributed by atoms with van der Waals surface area (Å²) in [5.74, 6) is 0.403. The predicted octanol–water partition coefficient (Wildman–Crippen LogP) is 1.33. The fourth-order valence-corrected chi connectivity index (χ4v) is 2.26. The summed E-state index contributed by atoms with van der Waals surface area (Å²) >= 11 is 5.00. The number of nitrogens with two attached hydrogens (primary N) is 1. The van der Waals surface area contributed by atoms with E-state index in [4.69, 9.17) is 22.7 Å². The molecule has 4 nitrogen and oxygen atoms in total. The average Bonchev–Trinajstić information content (AvgIpc) is 2.34. The molecule has 1 unspecified atom stereocenters. The molecule has 0 radical (unpaired) electrons. The first-order chi connectivity index (χ1) is 8.15. The second-order valence-electron chi connectivity index (χ2n) is 4.38. The van der Waals surface area contributed by atoms with Gasteiger partial charge in [-0.1, -0.05) is 12.2 Å². The molecule has 98 valence electrons. The highest BCUT2D eigenvalue weighted by molar-refractivity contribution is 7.80. The Morgan fingerprint density at radius 2 is 2.35 bits per heavy atom. The zero-order chi connectivity index (χ0) is 12.7. The van der Waals surface area contributed by atoms with Crippen molar-refractivity contribution in [2.24, 2.45) is 11.7 Å². The minimum absolute atomic E-state index is 0.200. The number of carbonyl (C=O) groups is 1. The number of rotatable bonds is 6. The lowest BCUT2D eigenvalue weighted by Gasteiger charge is -2.32. The Labute approximate surface area is 108 Å². The van der Waals surface area contributed by atoms with Crippen molar-refractivity contribution in [2.75, 3.05) is 26.3 Å². The Kier molecular flexibility index (Phi) is 6.44. The van der Waals surface area contributed by atoms with E-state index in [-0.39, 0.29) is 11.8 Å². The Bertz CT molecular complexity index is 271. The van der Waals surface area contributed by atoms with Gasteiger partial charge in [-0.3, -0.25) is 4.79 Å². The first-order valence-electron chi connectivity index (χ1n) is 6.30. The Morgan fingerprint density at radius 1 is 1.59 bits per heavy atom. The molecule has 0 saturated carbocycles. The average molecular weight is 258 g/mol. The first-order valence-corrected chi connectivity index (χ1v) is 6.70. The maximum Gasteiger partial charge on any atom is 0.222 e. The van der Waals surface area contributed by atoms with Gasteiger partial charge in [0.15, 0.2) is 0 Å². The van der Waals surface area contributed by atoms with Crippen LogP contribution >= 0.6 is 12.2 Å². The van der Waals surface area contributed by atoms with Crippen LogP contribution in [0.15, 0.2) is 0 Å².